The normalized spacial score (nSPS) is 31.4. The van der Waals surface area contributed by atoms with Crippen LogP contribution in [-0.2, 0) is 0 Å². The van der Waals surface area contributed by atoms with Gasteiger partial charge in [-0.3, -0.25) is 9.80 Å². The van der Waals surface area contributed by atoms with Crippen LogP contribution in [0.25, 0.3) is 0 Å². The molecule has 0 bridgehead atoms. The molecule has 1 aliphatic heterocycles. The highest BCUT2D eigenvalue weighted by Crippen LogP contribution is 2.23. The summed E-state index contributed by atoms with van der Waals surface area (Å²) in [6, 6.07) is 1.55. The van der Waals surface area contributed by atoms with E-state index in [0.29, 0.717) is 0 Å². The number of nitrogens with zero attached hydrogens (tertiary/aromatic N) is 2. The van der Waals surface area contributed by atoms with E-state index >= 15 is 0 Å². The lowest BCUT2D eigenvalue weighted by atomic mass is 9.87. The first-order chi connectivity index (χ1) is 9.69. The second-order valence-corrected chi connectivity index (χ2v) is 7.06. The fraction of sp³-hybridized carbons (Fsp3) is 1.00. The molecule has 1 saturated heterocycles. The SMILES string of the molecule is CCC(C)N1CCN(CCNC2CCCC(C)C2)CC1. The van der Waals surface area contributed by atoms with Crippen LogP contribution in [-0.4, -0.2) is 61.2 Å². The van der Waals surface area contributed by atoms with Crippen molar-refractivity contribution >= 4 is 0 Å². The smallest absolute Gasteiger partial charge is 0.0113 e. The fourth-order valence-corrected chi connectivity index (χ4v) is 3.73. The molecule has 1 saturated carbocycles. The minimum atomic E-state index is 0.763. The first kappa shape index (κ1) is 16.3. The molecule has 3 heteroatoms. The molecule has 2 fully saturated rings. The summed E-state index contributed by atoms with van der Waals surface area (Å²) in [5.74, 6) is 0.931. The Bertz CT molecular complexity index is 261. The van der Waals surface area contributed by atoms with Gasteiger partial charge in [-0.1, -0.05) is 26.7 Å². The summed E-state index contributed by atoms with van der Waals surface area (Å²) in [7, 11) is 0. The summed E-state index contributed by atoms with van der Waals surface area (Å²) in [5, 5.41) is 3.79. The van der Waals surface area contributed by atoms with Gasteiger partial charge >= 0.3 is 0 Å². The predicted molar refractivity (Wildman–Crippen MR) is 87.2 cm³/mol. The first-order valence-corrected chi connectivity index (χ1v) is 8.88. The molecule has 3 unspecified atom stereocenters. The third-order valence-corrected chi connectivity index (χ3v) is 5.42. The Morgan fingerprint density at radius 2 is 1.90 bits per heavy atom. The quantitative estimate of drug-likeness (QED) is 0.807. The van der Waals surface area contributed by atoms with Crippen LogP contribution in [0.3, 0.4) is 0 Å². The van der Waals surface area contributed by atoms with Crippen molar-refractivity contribution in [2.45, 2.75) is 65.0 Å². The van der Waals surface area contributed by atoms with Crippen LogP contribution >= 0.6 is 0 Å². The van der Waals surface area contributed by atoms with Crippen LogP contribution in [0.15, 0.2) is 0 Å². The van der Waals surface area contributed by atoms with Crippen molar-refractivity contribution in [2.24, 2.45) is 5.92 Å². The molecule has 2 aliphatic rings. The van der Waals surface area contributed by atoms with Gasteiger partial charge in [0.15, 0.2) is 0 Å². The van der Waals surface area contributed by atoms with Crippen molar-refractivity contribution in [3.8, 4) is 0 Å². The van der Waals surface area contributed by atoms with E-state index in [2.05, 4.69) is 35.9 Å². The van der Waals surface area contributed by atoms with Gasteiger partial charge in [0, 0.05) is 51.4 Å². The monoisotopic (exact) mass is 281 g/mol. The van der Waals surface area contributed by atoms with Crippen LogP contribution in [0.5, 0.6) is 0 Å². The summed E-state index contributed by atoms with van der Waals surface area (Å²) in [6.45, 7) is 14.5. The molecule has 118 valence electrons. The largest absolute Gasteiger partial charge is 0.313 e. The molecule has 1 N–H and O–H groups in total. The molecule has 20 heavy (non-hydrogen) atoms. The lowest BCUT2D eigenvalue weighted by Gasteiger charge is -2.38. The van der Waals surface area contributed by atoms with Crippen LogP contribution < -0.4 is 5.32 Å². The molecular formula is C17H35N3. The second-order valence-electron chi connectivity index (χ2n) is 7.06. The van der Waals surface area contributed by atoms with Crippen molar-refractivity contribution in [1.29, 1.82) is 0 Å². The number of rotatable bonds is 6. The van der Waals surface area contributed by atoms with Crippen LogP contribution in [0.2, 0.25) is 0 Å². The zero-order valence-corrected chi connectivity index (χ0v) is 13.9. The van der Waals surface area contributed by atoms with E-state index in [0.717, 1.165) is 18.0 Å². The Morgan fingerprint density at radius 1 is 1.15 bits per heavy atom. The van der Waals surface area contributed by atoms with Gasteiger partial charge in [0.1, 0.15) is 0 Å². The standard InChI is InChI=1S/C17H35N3/c1-4-16(3)20-12-10-19(11-13-20)9-8-18-17-7-5-6-15(2)14-17/h15-18H,4-14H2,1-3H3. The second kappa shape index (κ2) is 8.35. The van der Waals surface area contributed by atoms with E-state index in [1.54, 1.807) is 0 Å². The van der Waals surface area contributed by atoms with Gasteiger partial charge in [-0.25, -0.2) is 0 Å². The topological polar surface area (TPSA) is 18.5 Å². The summed E-state index contributed by atoms with van der Waals surface area (Å²) in [4.78, 5) is 5.28. The Hall–Kier alpha value is -0.120. The maximum atomic E-state index is 3.79. The molecule has 0 radical (unpaired) electrons. The number of piperazine rings is 1. The maximum absolute atomic E-state index is 3.79. The third-order valence-electron chi connectivity index (χ3n) is 5.42. The molecular weight excluding hydrogens is 246 g/mol. The highest BCUT2D eigenvalue weighted by molar-refractivity contribution is 4.78. The zero-order chi connectivity index (χ0) is 14.4. The first-order valence-electron chi connectivity index (χ1n) is 8.88. The van der Waals surface area contributed by atoms with Crippen molar-refractivity contribution in [2.75, 3.05) is 39.3 Å². The molecule has 0 aromatic rings. The maximum Gasteiger partial charge on any atom is 0.0113 e. The third kappa shape index (κ3) is 5.01. The van der Waals surface area contributed by atoms with Crippen LogP contribution in [0, 0.1) is 5.92 Å². The van der Waals surface area contributed by atoms with Gasteiger partial charge in [-0.15, -0.1) is 0 Å². The van der Waals surface area contributed by atoms with E-state index in [9.17, 15) is 0 Å². The van der Waals surface area contributed by atoms with E-state index < -0.39 is 0 Å². The highest BCUT2D eigenvalue weighted by atomic mass is 15.3. The minimum Gasteiger partial charge on any atom is -0.313 e. The predicted octanol–water partition coefficient (Wildman–Crippen LogP) is 2.57. The molecule has 3 atom stereocenters. The average molecular weight is 281 g/mol. The lowest BCUT2D eigenvalue weighted by Crippen LogP contribution is -2.51. The van der Waals surface area contributed by atoms with Gasteiger partial charge in [0.2, 0.25) is 0 Å². The Morgan fingerprint density at radius 3 is 2.55 bits per heavy atom. The Balaban J connectivity index is 1.57. The Labute approximate surface area is 126 Å². The molecule has 1 heterocycles. The average Bonchev–Trinajstić information content (AvgIpc) is 2.47. The Kier molecular flexibility index (Phi) is 6.79. The number of nitrogens with one attached hydrogen (secondary N) is 1. The molecule has 2 rings (SSSR count). The van der Waals surface area contributed by atoms with Crippen LogP contribution in [0.4, 0.5) is 0 Å². The van der Waals surface area contributed by atoms with Gasteiger partial charge in [-0.05, 0) is 32.1 Å². The fourth-order valence-electron chi connectivity index (χ4n) is 3.73. The van der Waals surface area contributed by atoms with Crippen LogP contribution in [0.1, 0.15) is 52.9 Å². The molecule has 1 aliphatic carbocycles. The van der Waals surface area contributed by atoms with E-state index in [1.807, 2.05) is 0 Å². The number of hydrogen-bond acceptors (Lipinski definition) is 3. The molecule has 0 spiro atoms. The lowest BCUT2D eigenvalue weighted by molar-refractivity contribution is 0.100. The zero-order valence-electron chi connectivity index (χ0n) is 13.9. The molecule has 3 nitrogen and oxygen atoms in total. The van der Waals surface area contributed by atoms with Crippen molar-refractivity contribution in [3.63, 3.8) is 0 Å². The summed E-state index contributed by atoms with van der Waals surface area (Å²) in [6.07, 6.45) is 6.93. The van der Waals surface area contributed by atoms with Crippen molar-refractivity contribution in [3.05, 3.63) is 0 Å². The molecule has 0 amide bonds. The van der Waals surface area contributed by atoms with Crippen molar-refractivity contribution < 1.29 is 0 Å². The van der Waals surface area contributed by atoms with E-state index in [-0.39, 0.29) is 0 Å². The van der Waals surface area contributed by atoms with Crippen molar-refractivity contribution in [1.82, 2.24) is 15.1 Å². The summed E-state index contributed by atoms with van der Waals surface area (Å²) in [5.41, 5.74) is 0. The summed E-state index contributed by atoms with van der Waals surface area (Å²) >= 11 is 0. The number of hydrogen-bond donors (Lipinski definition) is 1. The van der Waals surface area contributed by atoms with Gasteiger partial charge < -0.3 is 5.32 Å². The minimum absolute atomic E-state index is 0.763. The van der Waals surface area contributed by atoms with E-state index in [4.69, 9.17) is 0 Å². The van der Waals surface area contributed by atoms with Gasteiger partial charge in [-0.2, -0.15) is 0 Å². The van der Waals surface area contributed by atoms with E-state index in [1.165, 1.54) is 71.4 Å². The molecule has 0 aromatic carbocycles. The van der Waals surface area contributed by atoms with Gasteiger partial charge in [0.25, 0.3) is 0 Å². The molecule has 0 aromatic heterocycles. The van der Waals surface area contributed by atoms with Gasteiger partial charge in [0.05, 0.1) is 0 Å². The summed E-state index contributed by atoms with van der Waals surface area (Å²) < 4.78 is 0. The highest BCUT2D eigenvalue weighted by Gasteiger charge is 2.21.